The molecule has 0 saturated heterocycles. The van der Waals surface area contributed by atoms with Crippen molar-refractivity contribution < 1.29 is 0 Å². The average Bonchev–Trinajstić information content (AvgIpc) is 2.60. The maximum absolute atomic E-state index is 2.55. The van der Waals surface area contributed by atoms with Crippen LogP contribution in [0.4, 0.5) is 0 Å². The molecule has 0 nitrogen and oxygen atoms in total. The first-order chi connectivity index (χ1) is 12.1. The van der Waals surface area contributed by atoms with Gasteiger partial charge in [0.2, 0.25) is 0 Å². The number of hydrogen-bond donors (Lipinski definition) is 0. The van der Waals surface area contributed by atoms with Crippen molar-refractivity contribution in [2.75, 3.05) is 0 Å². The Kier molecular flexibility index (Phi) is 17.4. The Labute approximate surface area is 161 Å². The first-order valence-corrected chi connectivity index (χ1v) is 12.1. The standard InChI is InChI=1S/C25H52/c1-6-9-12-13-14-15-16-17-18-20-22-24(21-19-10-7-2)25(4,5)23-11-8-3/h24H,6-23H2,1-5H3. The van der Waals surface area contributed by atoms with Gasteiger partial charge in [-0.2, -0.15) is 0 Å². The third-order valence-electron chi connectivity index (χ3n) is 6.34. The molecule has 0 heteroatoms. The van der Waals surface area contributed by atoms with Crippen LogP contribution in [0.5, 0.6) is 0 Å². The molecule has 0 aliphatic rings. The first kappa shape index (κ1) is 25.0. The Morgan fingerprint density at radius 3 is 1.32 bits per heavy atom. The summed E-state index contributed by atoms with van der Waals surface area (Å²) in [7, 11) is 0. The molecule has 0 aliphatic carbocycles. The summed E-state index contributed by atoms with van der Waals surface area (Å²) in [5.74, 6) is 0.958. The molecule has 0 bridgehead atoms. The van der Waals surface area contributed by atoms with Gasteiger partial charge in [-0.1, -0.05) is 131 Å². The zero-order valence-corrected chi connectivity index (χ0v) is 18.8. The number of hydrogen-bond acceptors (Lipinski definition) is 0. The summed E-state index contributed by atoms with van der Waals surface area (Å²) < 4.78 is 0. The van der Waals surface area contributed by atoms with Crippen LogP contribution in [0.1, 0.15) is 150 Å². The van der Waals surface area contributed by atoms with Gasteiger partial charge in [0.15, 0.2) is 0 Å². The predicted octanol–water partition coefficient (Wildman–Crippen LogP) is 9.71. The molecule has 0 aliphatic heterocycles. The second-order valence-electron chi connectivity index (χ2n) is 9.26. The van der Waals surface area contributed by atoms with Crippen molar-refractivity contribution in [1.29, 1.82) is 0 Å². The van der Waals surface area contributed by atoms with E-state index >= 15 is 0 Å². The Bertz CT molecular complexity index is 253. The molecule has 0 amide bonds. The molecule has 0 spiro atoms. The van der Waals surface area contributed by atoms with E-state index in [2.05, 4.69) is 34.6 Å². The normalized spacial score (nSPS) is 13.3. The van der Waals surface area contributed by atoms with Gasteiger partial charge in [-0.3, -0.25) is 0 Å². The van der Waals surface area contributed by atoms with Crippen LogP contribution in [-0.4, -0.2) is 0 Å². The highest BCUT2D eigenvalue weighted by Crippen LogP contribution is 2.39. The smallest absolute Gasteiger partial charge is 0.0326 e. The quantitative estimate of drug-likeness (QED) is 0.203. The van der Waals surface area contributed by atoms with Gasteiger partial charge in [0.05, 0.1) is 0 Å². The summed E-state index contributed by atoms with van der Waals surface area (Å²) in [6.07, 6.45) is 26.0. The largest absolute Gasteiger partial charge is 0.0654 e. The van der Waals surface area contributed by atoms with Gasteiger partial charge in [-0.05, 0) is 30.6 Å². The van der Waals surface area contributed by atoms with Crippen LogP contribution in [0, 0.1) is 11.3 Å². The van der Waals surface area contributed by atoms with E-state index in [0.29, 0.717) is 5.41 Å². The lowest BCUT2D eigenvalue weighted by Crippen LogP contribution is -2.24. The fourth-order valence-electron chi connectivity index (χ4n) is 4.28. The summed E-state index contributed by atoms with van der Waals surface area (Å²) in [5.41, 5.74) is 0.559. The van der Waals surface area contributed by atoms with Crippen molar-refractivity contribution in [3.63, 3.8) is 0 Å². The van der Waals surface area contributed by atoms with Gasteiger partial charge in [0, 0.05) is 0 Å². The van der Waals surface area contributed by atoms with Gasteiger partial charge in [-0.15, -0.1) is 0 Å². The Morgan fingerprint density at radius 2 is 0.840 bits per heavy atom. The molecular weight excluding hydrogens is 300 g/mol. The highest BCUT2D eigenvalue weighted by molar-refractivity contribution is 4.78. The van der Waals surface area contributed by atoms with E-state index in [1.54, 1.807) is 0 Å². The number of unbranched alkanes of at least 4 members (excludes halogenated alkanes) is 12. The predicted molar refractivity (Wildman–Crippen MR) is 117 cm³/mol. The Morgan fingerprint density at radius 1 is 0.480 bits per heavy atom. The van der Waals surface area contributed by atoms with E-state index in [-0.39, 0.29) is 0 Å². The fourth-order valence-corrected chi connectivity index (χ4v) is 4.28. The third-order valence-corrected chi connectivity index (χ3v) is 6.34. The SMILES string of the molecule is CCCCCCCCCCCCC(CCCCC)C(C)(C)CCCC. The molecule has 0 rings (SSSR count). The summed E-state index contributed by atoms with van der Waals surface area (Å²) >= 11 is 0. The molecule has 1 unspecified atom stereocenters. The summed E-state index contributed by atoms with van der Waals surface area (Å²) in [5, 5.41) is 0. The minimum absolute atomic E-state index is 0.559. The van der Waals surface area contributed by atoms with E-state index in [4.69, 9.17) is 0 Å². The van der Waals surface area contributed by atoms with Crippen molar-refractivity contribution in [3.05, 3.63) is 0 Å². The second-order valence-corrected chi connectivity index (χ2v) is 9.26. The van der Waals surface area contributed by atoms with Gasteiger partial charge in [0.1, 0.15) is 0 Å². The van der Waals surface area contributed by atoms with E-state index < -0.39 is 0 Å². The van der Waals surface area contributed by atoms with Crippen LogP contribution < -0.4 is 0 Å². The average molecular weight is 353 g/mol. The maximum atomic E-state index is 2.55. The molecule has 1 atom stereocenters. The summed E-state index contributed by atoms with van der Waals surface area (Å²) in [4.78, 5) is 0. The zero-order chi connectivity index (χ0) is 18.8. The minimum Gasteiger partial charge on any atom is -0.0654 e. The number of rotatable bonds is 19. The summed E-state index contributed by atoms with van der Waals surface area (Å²) in [6, 6.07) is 0. The molecular formula is C25H52. The molecule has 0 fully saturated rings. The lowest BCUT2D eigenvalue weighted by Gasteiger charge is -2.35. The van der Waals surface area contributed by atoms with Gasteiger partial charge < -0.3 is 0 Å². The van der Waals surface area contributed by atoms with Crippen LogP contribution in [0.2, 0.25) is 0 Å². The van der Waals surface area contributed by atoms with Gasteiger partial charge in [0.25, 0.3) is 0 Å². The van der Waals surface area contributed by atoms with E-state index in [1.807, 2.05) is 0 Å². The van der Waals surface area contributed by atoms with Crippen LogP contribution in [0.3, 0.4) is 0 Å². The molecule has 0 aromatic carbocycles. The molecule has 152 valence electrons. The minimum atomic E-state index is 0.559. The molecule has 0 radical (unpaired) electrons. The lowest BCUT2D eigenvalue weighted by molar-refractivity contribution is 0.159. The molecule has 0 aromatic rings. The maximum Gasteiger partial charge on any atom is -0.0326 e. The van der Waals surface area contributed by atoms with Gasteiger partial charge >= 0.3 is 0 Å². The summed E-state index contributed by atoms with van der Waals surface area (Å²) in [6.45, 7) is 12.1. The van der Waals surface area contributed by atoms with Crippen molar-refractivity contribution >= 4 is 0 Å². The zero-order valence-electron chi connectivity index (χ0n) is 18.8. The monoisotopic (exact) mass is 352 g/mol. The van der Waals surface area contributed by atoms with Crippen LogP contribution in [0.15, 0.2) is 0 Å². The van der Waals surface area contributed by atoms with Crippen molar-refractivity contribution in [2.45, 2.75) is 150 Å². The van der Waals surface area contributed by atoms with Gasteiger partial charge in [-0.25, -0.2) is 0 Å². The van der Waals surface area contributed by atoms with Crippen LogP contribution in [0.25, 0.3) is 0 Å². The van der Waals surface area contributed by atoms with E-state index in [9.17, 15) is 0 Å². The topological polar surface area (TPSA) is 0 Å². The first-order valence-electron chi connectivity index (χ1n) is 12.1. The molecule has 0 heterocycles. The third kappa shape index (κ3) is 14.8. The molecule has 25 heavy (non-hydrogen) atoms. The Balaban J connectivity index is 3.89. The van der Waals surface area contributed by atoms with E-state index in [1.165, 1.54) is 116 Å². The lowest BCUT2D eigenvalue weighted by atomic mass is 9.70. The molecule has 0 N–H and O–H groups in total. The van der Waals surface area contributed by atoms with Crippen molar-refractivity contribution in [3.8, 4) is 0 Å². The van der Waals surface area contributed by atoms with Crippen molar-refractivity contribution in [2.24, 2.45) is 11.3 Å². The van der Waals surface area contributed by atoms with Crippen molar-refractivity contribution in [1.82, 2.24) is 0 Å². The van der Waals surface area contributed by atoms with E-state index in [0.717, 1.165) is 5.92 Å². The molecule has 0 aromatic heterocycles. The highest BCUT2D eigenvalue weighted by Gasteiger charge is 2.27. The van der Waals surface area contributed by atoms with Crippen LogP contribution >= 0.6 is 0 Å². The van der Waals surface area contributed by atoms with Crippen LogP contribution in [-0.2, 0) is 0 Å². The molecule has 0 saturated carbocycles. The second kappa shape index (κ2) is 17.4. The fraction of sp³-hybridized carbons (Fsp3) is 1.00. The highest BCUT2D eigenvalue weighted by atomic mass is 14.3. The Hall–Kier alpha value is 0.